The molecule has 5 nitrogen and oxygen atoms in total. The third-order valence-electron chi connectivity index (χ3n) is 3.17. The molecule has 0 fully saturated rings. The van der Waals surface area contributed by atoms with Gasteiger partial charge in [-0.2, -0.15) is 0 Å². The third-order valence-corrected chi connectivity index (χ3v) is 3.42. The topological polar surface area (TPSA) is 67.4 Å². The van der Waals surface area contributed by atoms with E-state index in [1.165, 1.54) is 0 Å². The quantitative estimate of drug-likeness (QED) is 0.840. The monoisotopic (exact) mass is 360 g/mol. The summed E-state index contributed by atoms with van der Waals surface area (Å²) in [6.45, 7) is 5.29. The normalized spacial score (nSPS) is 12.2. The van der Waals surface area contributed by atoms with E-state index in [0.29, 0.717) is 16.3 Å². The molecule has 0 saturated carbocycles. The lowest BCUT2D eigenvalue weighted by atomic mass is 10.1. The van der Waals surface area contributed by atoms with Crippen LogP contribution in [-0.4, -0.2) is 17.6 Å². The van der Waals surface area contributed by atoms with Gasteiger partial charge in [-0.25, -0.2) is 4.79 Å². The van der Waals surface area contributed by atoms with E-state index in [1.54, 1.807) is 69.3 Å². The zero-order valence-electron chi connectivity index (χ0n) is 14.4. The van der Waals surface area contributed by atoms with Gasteiger partial charge in [0, 0.05) is 10.7 Å². The maximum atomic E-state index is 12.7. The molecule has 1 atom stereocenters. The van der Waals surface area contributed by atoms with E-state index in [1.807, 2.05) is 6.07 Å². The second-order valence-corrected chi connectivity index (χ2v) is 6.92. The predicted octanol–water partition coefficient (Wildman–Crippen LogP) is 4.54. The Labute approximate surface area is 152 Å². The van der Waals surface area contributed by atoms with Gasteiger partial charge < -0.3 is 15.4 Å². The van der Waals surface area contributed by atoms with Crippen molar-refractivity contribution in [1.82, 2.24) is 5.32 Å². The van der Waals surface area contributed by atoms with Crippen molar-refractivity contribution >= 4 is 29.3 Å². The summed E-state index contributed by atoms with van der Waals surface area (Å²) in [6.07, 6.45) is -0.660. The number of amides is 2. The summed E-state index contributed by atoms with van der Waals surface area (Å²) in [7, 11) is 0. The molecule has 6 heteroatoms. The van der Waals surface area contributed by atoms with Gasteiger partial charge in [-0.15, -0.1) is 0 Å². The number of carbonyl (C=O) groups is 2. The Morgan fingerprint density at radius 2 is 1.60 bits per heavy atom. The molecular weight excluding hydrogens is 340 g/mol. The fourth-order valence-electron chi connectivity index (χ4n) is 2.12. The van der Waals surface area contributed by atoms with E-state index in [9.17, 15) is 9.59 Å². The molecule has 0 bridgehead atoms. The summed E-state index contributed by atoms with van der Waals surface area (Å²) in [5.41, 5.74) is 0.582. The highest BCUT2D eigenvalue weighted by atomic mass is 35.5. The number of benzene rings is 2. The predicted molar refractivity (Wildman–Crippen MR) is 98.6 cm³/mol. The molecule has 132 valence electrons. The number of carbonyl (C=O) groups excluding carboxylic acids is 2. The van der Waals surface area contributed by atoms with Crippen LogP contribution in [0.5, 0.6) is 0 Å². The first-order valence-corrected chi connectivity index (χ1v) is 8.23. The van der Waals surface area contributed by atoms with Crippen molar-refractivity contribution in [3.8, 4) is 0 Å². The van der Waals surface area contributed by atoms with Gasteiger partial charge in [0.1, 0.15) is 11.6 Å². The van der Waals surface area contributed by atoms with Gasteiger partial charge >= 0.3 is 6.09 Å². The summed E-state index contributed by atoms with van der Waals surface area (Å²) in [6, 6.07) is 14.8. The van der Waals surface area contributed by atoms with E-state index in [2.05, 4.69) is 10.6 Å². The molecule has 2 rings (SSSR count). The molecule has 0 aromatic heterocycles. The molecule has 0 heterocycles. The molecule has 0 aliphatic heterocycles. The average molecular weight is 361 g/mol. The zero-order valence-corrected chi connectivity index (χ0v) is 15.1. The van der Waals surface area contributed by atoms with Crippen LogP contribution in [0.1, 0.15) is 32.4 Å². The van der Waals surface area contributed by atoms with Gasteiger partial charge in [-0.1, -0.05) is 41.9 Å². The second kappa shape index (κ2) is 8.03. The number of nitrogens with one attached hydrogen (secondary N) is 2. The first-order chi connectivity index (χ1) is 11.7. The number of alkyl carbamates (subject to hydrolysis) is 1. The Morgan fingerprint density at radius 3 is 2.16 bits per heavy atom. The second-order valence-electron chi connectivity index (χ2n) is 6.49. The number of hydrogen-bond donors (Lipinski definition) is 2. The first-order valence-electron chi connectivity index (χ1n) is 7.85. The maximum Gasteiger partial charge on any atom is 0.408 e. The van der Waals surface area contributed by atoms with Crippen LogP contribution in [-0.2, 0) is 9.53 Å². The summed E-state index contributed by atoms with van der Waals surface area (Å²) in [4.78, 5) is 24.8. The lowest BCUT2D eigenvalue weighted by Gasteiger charge is -2.23. The van der Waals surface area contributed by atoms with Crippen LogP contribution in [0.15, 0.2) is 54.6 Å². The van der Waals surface area contributed by atoms with Crippen molar-refractivity contribution in [2.45, 2.75) is 32.4 Å². The lowest BCUT2D eigenvalue weighted by molar-refractivity contribution is -0.118. The molecule has 1 unspecified atom stereocenters. The fourth-order valence-corrected chi connectivity index (χ4v) is 2.24. The van der Waals surface area contributed by atoms with Crippen LogP contribution < -0.4 is 10.6 Å². The van der Waals surface area contributed by atoms with Crippen molar-refractivity contribution in [3.05, 3.63) is 65.2 Å². The molecule has 0 aliphatic rings. The Kier molecular flexibility index (Phi) is 6.04. The fraction of sp³-hybridized carbons (Fsp3) is 0.263. The Bertz CT molecular complexity index is 725. The van der Waals surface area contributed by atoms with Crippen LogP contribution in [0, 0.1) is 0 Å². The van der Waals surface area contributed by atoms with Crippen LogP contribution in [0.25, 0.3) is 0 Å². The summed E-state index contributed by atoms with van der Waals surface area (Å²) in [5, 5.41) is 5.96. The number of rotatable bonds is 4. The molecular formula is C19H21ClN2O3. The third kappa shape index (κ3) is 6.12. The van der Waals surface area contributed by atoms with E-state index < -0.39 is 17.7 Å². The van der Waals surface area contributed by atoms with Crippen LogP contribution >= 0.6 is 11.6 Å². The van der Waals surface area contributed by atoms with Gasteiger partial charge in [-0.3, -0.25) is 4.79 Å². The molecule has 2 N–H and O–H groups in total. The highest BCUT2D eigenvalue weighted by Crippen LogP contribution is 2.19. The molecule has 0 aliphatic carbocycles. The number of ether oxygens (including phenoxy) is 1. The highest BCUT2D eigenvalue weighted by molar-refractivity contribution is 6.30. The van der Waals surface area contributed by atoms with Crippen molar-refractivity contribution in [3.63, 3.8) is 0 Å². The minimum absolute atomic E-state index is 0.376. The summed E-state index contributed by atoms with van der Waals surface area (Å²) >= 11 is 5.85. The van der Waals surface area contributed by atoms with Crippen molar-refractivity contribution < 1.29 is 14.3 Å². The van der Waals surface area contributed by atoms with E-state index >= 15 is 0 Å². The van der Waals surface area contributed by atoms with Gasteiger partial charge in [0.05, 0.1) is 0 Å². The lowest BCUT2D eigenvalue weighted by Crippen LogP contribution is -2.40. The van der Waals surface area contributed by atoms with Crippen molar-refractivity contribution in [1.29, 1.82) is 0 Å². The van der Waals surface area contributed by atoms with Crippen LogP contribution in [0.4, 0.5) is 10.5 Å². The zero-order chi connectivity index (χ0) is 18.4. The van der Waals surface area contributed by atoms with Gasteiger partial charge in [0.2, 0.25) is 0 Å². The van der Waals surface area contributed by atoms with Gasteiger partial charge in [0.15, 0.2) is 0 Å². The van der Waals surface area contributed by atoms with E-state index in [4.69, 9.17) is 16.3 Å². The average Bonchev–Trinajstić information content (AvgIpc) is 2.54. The summed E-state index contributed by atoms with van der Waals surface area (Å²) in [5.74, 6) is -0.376. The number of halogens is 1. The standard InChI is InChI=1S/C19H21ClN2O3/c1-19(2,3)25-18(24)22-16(13-7-5-4-6-8-13)17(23)21-15-11-9-14(20)10-12-15/h4-12,16H,1-3H3,(H,21,23)(H,22,24). The molecule has 0 spiro atoms. The molecule has 2 amide bonds. The highest BCUT2D eigenvalue weighted by Gasteiger charge is 2.25. The van der Waals surface area contributed by atoms with Crippen molar-refractivity contribution in [2.75, 3.05) is 5.32 Å². The minimum atomic E-state index is -0.883. The van der Waals surface area contributed by atoms with E-state index in [-0.39, 0.29) is 5.91 Å². The minimum Gasteiger partial charge on any atom is -0.444 e. The largest absolute Gasteiger partial charge is 0.444 e. The molecule has 2 aromatic carbocycles. The molecule has 0 radical (unpaired) electrons. The van der Waals surface area contributed by atoms with Gasteiger partial charge in [-0.05, 0) is 50.6 Å². The van der Waals surface area contributed by atoms with E-state index in [0.717, 1.165) is 0 Å². The smallest absolute Gasteiger partial charge is 0.408 e. The number of hydrogen-bond acceptors (Lipinski definition) is 3. The van der Waals surface area contributed by atoms with Crippen molar-refractivity contribution in [2.24, 2.45) is 0 Å². The number of anilines is 1. The van der Waals surface area contributed by atoms with Crippen LogP contribution in [0.3, 0.4) is 0 Å². The van der Waals surface area contributed by atoms with Gasteiger partial charge in [0.25, 0.3) is 5.91 Å². The Hall–Kier alpha value is -2.53. The molecule has 0 saturated heterocycles. The Balaban J connectivity index is 2.17. The first kappa shape index (κ1) is 18.8. The molecule has 25 heavy (non-hydrogen) atoms. The maximum absolute atomic E-state index is 12.7. The van der Waals surface area contributed by atoms with Crippen LogP contribution in [0.2, 0.25) is 5.02 Å². The Morgan fingerprint density at radius 1 is 1.00 bits per heavy atom. The SMILES string of the molecule is CC(C)(C)OC(=O)NC(C(=O)Nc1ccc(Cl)cc1)c1ccccc1. The summed E-state index contributed by atoms with van der Waals surface area (Å²) < 4.78 is 5.26. The molecule has 2 aromatic rings.